The molecule has 0 aliphatic carbocycles. The number of nitrogens with one attached hydrogen (secondary N) is 1. The monoisotopic (exact) mass is 303 g/mol. The van der Waals surface area contributed by atoms with Gasteiger partial charge in [0.25, 0.3) is 0 Å². The van der Waals surface area contributed by atoms with E-state index in [4.69, 9.17) is 4.74 Å². The third-order valence-corrected chi connectivity index (χ3v) is 4.38. The van der Waals surface area contributed by atoms with E-state index >= 15 is 0 Å². The quantitative estimate of drug-likeness (QED) is 0.889. The lowest BCUT2D eigenvalue weighted by atomic mass is 10.0. The lowest BCUT2D eigenvalue weighted by molar-refractivity contribution is -0.120. The predicted octanol–water partition coefficient (Wildman–Crippen LogP) is 2.08. The van der Waals surface area contributed by atoms with Crippen LogP contribution >= 0.6 is 11.3 Å². The summed E-state index contributed by atoms with van der Waals surface area (Å²) in [6.45, 7) is 0.927. The smallest absolute Gasteiger partial charge is 0.225 e. The van der Waals surface area contributed by atoms with Crippen LogP contribution in [-0.2, 0) is 17.6 Å². The summed E-state index contributed by atoms with van der Waals surface area (Å²) in [4.78, 5) is 12.8. The molecule has 0 unspecified atom stereocenters. The molecule has 5 heteroatoms. The fraction of sp³-hybridized carbons (Fsp3) is 0.312. The fourth-order valence-corrected chi connectivity index (χ4v) is 3.08. The van der Waals surface area contributed by atoms with Gasteiger partial charge in [-0.15, -0.1) is 11.3 Å². The van der Waals surface area contributed by atoms with Crippen molar-refractivity contribution in [2.75, 3.05) is 13.2 Å². The second-order valence-corrected chi connectivity index (χ2v) is 6.07. The first-order valence-electron chi connectivity index (χ1n) is 6.95. The summed E-state index contributed by atoms with van der Waals surface area (Å²) in [5.74, 6) is 0.827. The number of carbonyl (C=O) groups excluding carboxylic acids is 1. The van der Waals surface area contributed by atoms with Crippen LogP contribution in [0.2, 0.25) is 0 Å². The number of thiophene rings is 1. The van der Waals surface area contributed by atoms with Crippen LogP contribution in [0.15, 0.2) is 35.7 Å². The number of hydrogen-bond donors (Lipinski definition) is 2. The molecule has 1 aromatic heterocycles. The third kappa shape index (κ3) is 3.43. The van der Waals surface area contributed by atoms with Crippen molar-refractivity contribution in [3.63, 3.8) is 0 Å². The maximum atomic E-state index is 11.8. The van der Waals surface area contributed by atoms with Gasteiger partial charge in [0, 0.05) is 17.8 Å². The van der Waals surface area contributed by atoms with Crippen molar-refractivity contribution in [3.8, 4) is 5.75 Å². The number of amides is 1. The van der Waals surface area contributed by atoms with Crippen molar-refractivity contribution in [2.24, 2.45) is 0 Å². The average molecular weight is 303 g/mol. The topological polar surface area (TPSA) is 58.6 Å². The second kappa shape index (κ2) is 6.28. The van der Waals surface area contributed by atoms with Crippen LogP contribution in [0.1, 0.15) is 22.1 Å². The molecule has 4 nitrogen and oxygen atoms in total. The molecule has 1 amide bonds. The van der Waals surface area contributed by atoms with Crippen LogP contribution < -0.4 is 10.1 Å². The molecule has 2 heterocycles. The molecule has 1 aliphatic heterocycles. The van der Waals surface area contributed by atoms with Crippen LogP contribution in [0, 0.1) is 0 Å². The number of carbonyl (C=O) groups is 1. The number of rotatable bonds is 5. The molecular formula is C16H17NO3S. The minimum Gasteiger partial charge on any atom is -0.493 e. The molecular weight excluding hydrogens is 286 g/mol. The zero-order valence-electron chi connectivity index (χ0n) is 11.5. The number of benzene rings is 1. The van der Waals surface area contributed by atoms with Crippen molar-refractivity contribution >= 4 is 17.2 Å². The molecule has 0 saturated heterocycles. The second-order valence-electron chi connectivity index (χ2n) is 5.04. The summed E-state index contributed by atoms with van der Waals surface area (Å²) in [6.07, 6.45) is 0.548. The normalized spacial score (nSPS) is 14.3. The van der Waals surface area contributed by atoms with Gasteiger partial charge in [-0.3, -0.25) is 4.79 Å². The van der Waals surface area contributed by atoms with Crippen molar-refractivity contribution < 1.29 is 14.6 Å². The van der Waals surface area contributed by atoms with Gasteiger partial charge < -0.3 is 15.2 Å². The van der Waals surface area contributed by atoms with Gasteiger partial charge in [-0.05, 0) is 34.7 Å². The summed E-state index contributed by atoms with van der Waals surface area (Å²) >= 11 is 1.56. The Bertz CT molecular complexity index is 624. The molecule has 0 spiro atoms. The maximum Gasteiger partial charge on any atom is 0.225 e. The summed E-state index contributed by atoms with van der Waals surface area (Å²) < 4.78 is 5.44. The Kier molecular flexibility index (Phi) is 4.22. The van der Waals surface area contributed by atoms with Crippen LogP contribution in [0.3, 0.4) is 0 Å². The zero-order valence-corrected chi connectivity index (χ0v) is 12.4. The summed E-state index contributed by atoms with van der Waals surface area (Å²) in [5, 5.41) is 14.9. The lowest BCUT2D eigenvalue weighted by Gasteiger charge is -2.13. The van der Waals surface area contributed by atoms with Gasteiger partial charge in [0.2, 0.25) is 5.91 Å². The van der Waals surface area contributed by atoms with Gasteiger partial charge in [-0.2, -0.15) is 0 Å². The van der Waals surface area contributed by atoms with Crippen LogP contribution in [0.5, 0.6) is 5.75 Å². The van der Waals surface area contributed by atoms with Crippen molar-refractivity contribution in [2.45, 2.75) is 18.9 Å². The van der Waals surface area contributed by atoms with Crippen molar-refractivity contribution in [3.05, 3.63) is 51.7 Å². The van der Waals surface area contributed by atoms with E-state index in [1.165, 1.54) is 0 Å². The van der Waals surface area contributed by atoms with E-state index in [0.717, 1.165) is 28.2 Å². The van der Waals surface area contributed by atoms with Gasteiger partial charge in [0.1, 0.15) is 5.75 Å². The van der Waals surface area contributed by atoms with E-state index < -0.39 is 6.10 Å². The largest absolute Gasteiger partial charge is 0.493 e. The molecule has 110 valence electrons. The highest BCUT2D eigenvalue weighted by Crippen LogP contribution is 2.28. The average Bonchev–Trinajstić information content (AvgIpc) is 3.14. The number of hydrogen-bond acceptors (Lipinski definition) is 4. The van der Waals surface area contributed by atoms with E-state index in [1.54, 1.807) is 11.3 Å². The molecule has 0 bridgehead atoms. The first-order valence-corrected chi connectivity index (χ1v) is 7.83. The number of aliphatic hydroxyl groups is 1. The SMILES string of the molecule is O=C(Cc1cccs1)NC[C@H](O)c1ccc2c(c1)CCO2. The Morgan fingerprint density at radius 3 is 3.14 bits per heavy atom. The van der Waals surface area contributed by atoms with Crippen molar-refractivity contribution in [1.29, 1.82) is 0 Å². The number of fused-ring (bicyclic) bond motifs is 1. The van der Waals surface area contributed by atoms with Gasteiger partial charge >= 0.3 is 0 Å². The predicted molar refractivity (Wildman–Crippen MR) is 81.6 cm³/mol. The maximum absolute atomic E-state index is 11.8. The summed E-state index contributed by atoms with van der Waals surface area (Å²) in [5.41, 5.74) is 1.94. The van der Waals surface area contributed by atoms with E-state index in [9.17, 15) is 9.90 Å². The summed E-state index contributed by atoms with van der Waals surface area (Å²) in [7, 11) is 0. The molecule has 3 rings (SSSR count). The van der Waals surface area contributed by atoms with Gasteiger partial charge in [-0.1, -0.05) is 12.1 Å². The fourth-order valence-electron chi connectivity index (χ4n) is 2.38. The first-order chi connectivity index (χ1) is 10.2. The van der Waals surface area contributed by atoms with E-state index in [1.807, 2.05) is 35.7 Å². The minimum absolute atomic E-state index is 0.0685. The van der Waals surface area contributed by atoms with Gasteiger partial charge in [-0.25, -0.2) is 0 Å². The molecule has 2 N–H and O–H groups in total. The Labute approximate surface area is 127 Å². The van der Waals surface area contributed by atoms with Crippen LogP contribution in [0.4, 0.5) is 0 Å². The number of ether oxygens (including phenoxy) is 1. The van der Waals surface area contributed by atoms with Gasteiger partial charge in [0.05, 0.1) is 19.1 Å². The van der Waals surface area contributed by atoms with Crippen LogP contribution in [0.25, 0.3) is 0 Å². The molecule has 21 heavy (non-hydrogen) atoms. The van der Waals surface area contributed by atoms with E-state index in [0.29, 0.717) is 13.0 Å². The molecule has 1 aromatic carbocycles. The molecule has 0 saturated carbocycles. The lowest BCUT2D eigenvalue weighted by Crippen LogP contribution is -2.29. The minimum atomic E-state index is -0.691. The molecule has 1 aliphatic rings. The van der Waals surface area contributed by atoms with E-state index in [-0.39, 0.29) is 12.5 Å². The Morgan fingerprint density at radius 2 is 2.33 bits per heavy atom. The first kappa shape index (κ1) is 14.1. The Hall–Kier alpha value is -1.85. The molecule has 1 atom stereocenters. The Morgan fingerprint density at radius 1 is 1.43 bits per heavy atom. The molecule has 0 radical (unpaired) electrons. The van der Waals surface area contributed by atoms with Crippen molar-refractivity contribution in [1.82, 2.24) is 5.32 Å². The Balaban J connectivity index is 1.54. The molecule has 2 aromatic rings. The van der Waals surface area contributed by atoms with Gasteiger partial charge in [0.15, 0.2) is 0 Å². The third-order valence-electron chi connectivity index (χ3n) is 3.51. The van der Waals surface area contributed by atoms with E-state index in [2.05, 4.69) is 5.32 Å². The zero-order chi connectivity index (χ0) is 14.7. The summed E-state index contributed by atoms with van der Waals surface area (Å²) in [6, 6.07) is 9.54. The van der Waals surface area contributed by atoms with Crippen LogP contribution in [-0.4, -0.2) is 24.2 Å². The highest BCUT2D eigenvalue weighted by atomic mass is 32.1. The highest BCUT2D eigenvalue weighted by Gasteiger charge is 2.16. The molecule has 0 fully saturated rings. The highest BCUT2D eigenvalue weighted by molar-refractivity contribution is 7.10. The number of aliphatic hydroxyl groups excluding tert-OH is 1. The standard InChI is InChI=1S/C16H17NO3S/c18-14(10-17-16(19)9-13-2-1-7-21-13)11-3-4-15-12(8-11)5-6-20-15/h1-4,7-8,14,18H,5-6,9-10H2,(H,17,19)/t14-/m0/s1.